The van der Waals surface area contributed by atoms with Crippen molar-refractivity contribution >= 4 is 6.21 Å². The SMILES string of the molecule is C/C=C\C1=C(C=NC)CCCC1. The van der Waals surface area contributed by atoms with Crippen molar-refractivity contribution in [1.82, 2.24) is 0 Å². The Morgan fingerprint density at radius 2 is 1.83 bits per heavy atom. The van der Waals surface area contributed by atoms with Gasteiger partial charge in [-0.15, -0.1) is 0 Å². The normalized spacial score (nSPS) is 19.8. The maximum absolute atomic E-state index is 4.08. The number of rotatable bonds is 2. The largest absolute Gasteiger partial charge is 0.296 e. The molecule has 1 aliphatic rings. The number of allylic oxidation sites excluding steroid dienone is 4. The van der Waals surface area contributed by atoms with Crippen LogP contribution in [0.2, 0.25) is 0 Å². The highest BCUT2D eigenvalue weighted by Gasteiger charge is 2.07. The second-order valence-electron chi connectivity index (χ2n) is 3.14. The Balaban J connectivity index is 2.82. The van der Waals surface area contributed by atoms with E-state index < -0.39 is 0 Å². The van der Waals surface area contributed by atoms with Gasteiger partial charge in [0.15, 0.2) is 0 Å². The molecule has 1 aliphatic carbocycles. The van der Waals surface area contributed by atoms with Gasteiger partial charge in [-0.3, -0.25) is 4.99 Å². The molecule has 0 aromatic heterocycles. The van der Waals surface area contributed by atoms with Gasteiger partial charge in [-0.1, -0.05) is 12.2 Å². The molecule has 66 valence electrons. The van der Waals surface area contributed by atoms with Crippen molar-refractivity contribution in [1.29, 1.82) is 0 Å². The Morgan fingerprint density at radius 1 is 1.17 bits per heavy atom. The van der Waals surface area contributed by atoms with E-state index in [-0.39, 0.29) is 0 Å². The zero-order valence-corrected chi connectivity index (χ0v) is 8.01. The zero-order valence-electron chi connectivity index (χ0n) is 8.01. The summed E-state index contributed by atoms with van der Waals surface area (Å²) in [5.74, 6) is 0. The molecule has 0 radical (unpaired) electrons. The smallest absolute Gasteiger partial charge is 0.0277 e. The Bertz CT molecular complexity index is 197. The number of hydrogen-bond acceptors (Lipinski definition) is 1. The first kappa shape index (κ1) is 9.24. The number of aliphatic imine (C=N–C) groups is 1. The van der Waals surface area contributed by atoms with Crippen molar-refractivity contribution in [2.75, 3.05) is 7.05 Å². The van der Waals surface area contributed by atoms with Gasteiger partial charge >= 0.3 is 0 Å². The molecule has 0 spiro atoms. The molecule has 0 unspecified atom stereocenters. The molecule has 0 saturated heterocycles. The van der Waals surface area contributed by atoms with E-state index in [4.69, 9.17) is 0 Å². The molecule has 0 atom stereocenters. The Morgan fingerprint density at radius 3 is 2.42 bits per heavy atom. The molecule has 0 aromatic rings. The molecule has 12 heavy (non-hydrogen) atoms. The minimum atomic E-state index is 1.21. The van der Waals surface area contributed by atoms with Crippen LogP contribution in [0, 0.1) is 0 Å². The van der Waals surface area contributed by atoms with Crippen LogP contribution in [0.5, 0.6) is 0 Å². The van der Waals surface area contributed by atoms with Crippen LogP contribution in [0.15, 0.2) is 28.3 Å². The molecular formula is C11H17N. The van der Waals surface area contributed by atoms with Crippen LogP contribution in [0.3, 0.4) is 0 Å². The molecule has 0 bridgehead atoms. The first-order valence-corrected chi connectivity index (χ1v) is 4.65. The van der Waals surface area contributed by atoms with Crippen LogP contribution in [0.4, 0.5) is 0 Å². The van der Waals surface area contributed by atoms with Crippen LogP contribution < -0.4 is 0 Å². The molecule has 0 amide bonds. The van der Waals surface area contributed by atoms with Crippen LogP contribution in [0.1, 0.15) is 32.6 Å². The minimum absolute atomic E-state index is 1.21. The lowest BCUT2D eigenvalue weighted by molar-refractivity contribution is 0.700. The van der Waals surface area contributed by atoms with E-state index in [9.17, 15) is 0 Å². The van der Waals surface area contributed by atoms with Crippen molar-refractivity contribution in [2.24, 2.45) is 4.99 Å². The molecular weight excluding hydrogens is 146 g/mol. The molecule has 0 aromatic carbocycles. The highest BCUT2D eigenvalue weighted by Crippen LogP contribution is 2.24. The summed E-state index contributed by atoms with van der Waals surface area (Å²) in [4.78, 5) is 4.08. The number of nitrogens with zero attached hydrogens (tertiary/aromatic N) is 1. The summed E-state index contributed by atoms with van der Waals surface area (Å²) < 4.78 is 0. The van der Waals surface area contributed by atoms with Crippen molar-refractivity contribution in [3.8, 4) is 0 Å². The molecule has 1 nitrogen and oxygen atoms in total. The monoisotopic (exact) mass is 163 g/mol. The highest BCUT2D eigenvalue weighted by atomic mass is 14.6. The van der Waals surface area contributed by atoms with Crippen LogP contribution in [-0.2, 0) is 0 Å². The van der Waals surface area contributed by atoms with Crippen LogP contribution in [-0.4, -0.2) is 13.3 Å². The minimum Gasteiger partial charge on any atom is -0.296 e. The first-order chi connectivity index (χ1) is 5.88. The lowest BCUT2D eigenvalue weighted by atomic mass is 9.92. The molecule has 0 aliphatic heterocycles. The average Bonchev–Trinajstić information content (AvgIpc) is 2.09. The van der Waals surface area contributed by atoms with Crippen molar-refractivity contribution < 1.29 is 0 Å². The molecule has 1 heteroatoms. The van der Waals surface area contributed by atoms with Gasteiger partial charge in [-0.2, -0.15) is 0 Å². The molecule has 1 rings (SSSR count). The summed E-state index contributed by atoms with van der Waals surface area (Å²) in [5.41, 5.74) is 2.91. The Hall–Kier alpha value is -0.850. The highest BCUT2D eigenvalue weighted by molar-refractivity contribution is 5.80. The third kappa shape index (κ3) is 2.33. The van der Waals surface area contributed by atoms with E-state index in [0.29, 0.717) is 0 Å². The van der Waals surface area contributed by atoms with E-state index in [1.54, 1.807) is 0 Å². The predicted octanol–water partition coefficient (Wildman–Crippen LogP) is 3.13. The maximum Gasteiger partial charge on any atom is 0.0277 e. The maximum atomic E-state index is 4.08. The second kappa shape index (κ2) is 4.91. The van der Waals surface area contributed by atoms with Gasteiger partial charge in [-0.05, 0) is 43.8 Å². The summed E-state index contributed by atoms with van der Waals surface area (Å²) in [6, 6.07) is 0. The summed E-state index contributed by atoms with van der Waals surface area (Å²) in [5, 5.41) is 0. The zero-order chi connectivity index (χ0) is 8.81. The van der Waals surface area contributed by atoms with Crippen LogP contribution in [0.25, 0.3) is 0 Å². The van der Waals surface area contributed by atoms with Gasteiger partial charge in [0.1, 0.15) is 0 Å². The number of hydrogen-bond donors (Lipinski definition) is 0. The fourth-order valence-corrected chi connectivity index (χ4v) is 1.65. The summed E-state index contributed by atoms with van der Waals surface area (Å²) in [6.07, 6.45) is 11.4. The van der Waals surface area contributed by atoms with E-state index in [1.807, 2.05) is 13.3 Å². The fraction of sp³-hybridized carbons (Fsp3) is 0.545. The third-order valence-corrected chi connectivity index (χ3v) is 2.21. The van der Waals surface area contributed by atoms with Gasteiger partial charge in [0.05, 0.1) is 0 Å². The van der Waals surface area contributed by atoms with Gasteiger partial charge < -0.3 is 0 Å². The Labute approximate surface area is 74.9 Å². The van der Waals surface area contributed by atoms with Crippen molar-refractivity contribution in [3.63, 3.8) is 0 Å². The van der Waals surface area contributed by atoms with E-state index >= 15 is 0 Å². The van der Waals surface area contributed by atoms with Crippen molar-refractivity contribution in [2.45, 2.75) is 32.6 Å². The summed E-state index contributed by atoms with van der Waals surface area (Å²) >= 11 is 0. The van der Waals surface area contributed by atoms with Gasteiger partial charge in [0.25, 0.3) is 0 Å². The van der Waals surface area contributed by atoms with Crippen LogP contribution >= 0.6 is 0 Å². The second-order valence-corrected chi connectivity index (χ2v) is 3.14. The Kier molecular flexibility index (Phi) is 3.78. The molecule has 0 saturated carbocycles. The first-order valence-electron chi connectivity index (χ1n) is 4.65. The van der Waals surface area contributed by atoms with E-state index in [1.165, 1.54) is 36.8 Å². The molecule has 0 heterocycles. The van der Waals surface area contributed by atoms with Gasteiger partial charge in [0, 0.05) is 13.3 Å². The van der Waals surface area contributed by atoms with Gasteiger partial charge in [0.2, 0.25) is 0 Å². The lowest BCUT2D eigenvalue weighted by Gasteiger charge is -2.14. The lowest BCUT2D eigenvalue weighted by Crippen LogP contribution is -1.99. The van der Waals surface area contributed by atoms with E-state index in [2.05, 4.69) is 24.1 Å². The topological polar surface area (TPSA) is 12.4 Å². The average molecular weight is 163 g/mol. The summed E-state index contributed by atoms with van der Waals surface area (Å²) in [7, 11) is 1.84. The molecule has 0 N–H and O–H groups in total. The van der Waals surface area contributed by atoms with E-state index in [0.717, 1.165) is 0 Å². The fourth-order valence-electron chi connectivity index (χ4n) is 1.65. The summed E-state index contributed by atoms with van der Waals surface area (Å²) in [6.45, 7) is 2.07. The standard InChI is InChI=1S/C11H17N/c1-3-6-10-7-4-5-8-11(10)9-12-2/h3,6,9H,4-5,7-8H2,1-2H3/b6-3-,12-9?. The van der Waals surface area contributed by atoms with Crippen molar-refractivity contribution in [3.05, 3.63) is 23.3 Å². The molecule has 0 fully saturated rings. The quantitative estimate of drug-likeness (QED) is 0.554. The third-order valence-electron chi connectivity index (χ3n) is 2.21. The van der Waals surface area contributed by atoms with Gasteiger partial charge in [-0.25, -0.2) is 0 Å². The predicted molar refractivity (Wildman–Crippen MR) is 54.7 cm³/mol.